The zero-order valence-corrected chi connectivity index (χ0v) is 59.0. The van der Waals surface area contributed by atoms with Crippen LogP contribution in [0.1, 0.15) is 142 Å². The molecule has 0 bridgehead atoms. The highest BCUT2D eigenvalue weighted by Crippen LogP contribution is 2.31. The topological polar surface area (TPSA) is 347 Å². The number of imide groups is 1. The zero-order chi connectivity index (χ0) is 72.3. The first-order valence-electron chi connectivity index (χ1n) is 34.1. The quantitative estimate of drug-likeness (QED) is 0.0252. The summed E-state index contributed by atoms with van der Waals surface area (Å²) in [5.74, 6) is -5.74. The van der Waals surface area contributed by atoms with Gasteiger partial charge in [0.25, 0.3) is 11.8 Å². The number of carbonyl (C=O) groups is 11. The van der Waals surface area contributed by atoms with Crippen LogP contribution in [0, 0.1) is 23.7 Å². The molecule has 12 atom stereocenters. The van der Waals surface area contributed by atoms with Crippen molar-refractivity contribution in [3.63, 3.8) is 0 Å². The van der Waals surface area contributed by atoms with Gasteiger partial charge in [0.05, 0.1) is 48.8 Å². The van der Waals surface area contributed by atoms with Crippen molar-refractivity contribution in [2.75, 3.05) is 53.3 Å². The predicted molar refractivity (Wildman–Crippen MR) is 369 cm³/mol. The van der Waals surface area contributed by atoms with Gasteiger partial charge < -0.3 is 66.8 Å². The molecule has 0 aromatic heterocycles. The molecule has 5 rings (SSSR count). The normalized spacial score (nSPS) is 17.1. The van der Waals surface area contributed by atoms with Crippen LogP contribution in [0.2, 0.25) is 0 Å². The summed E-state index contributed by atoms with van der Waals surface area (Å²) in [6.07, 6.45) is 2.91. The number of primary amides is 1. The number of amides is 12. The van der Waals surface area contributed by atoms with Gasteiger partial charge >= 0.3 is 12.1 Å². The standard InChI is InChI=1S/C72H105N11O15/c1-13-46(6)63(56(96-11)42-60(87)82-40-24-30-55(82)65(97-12)47(7)66(89)75-48(8)64(88)51-27-19-15-20-28-51)80(9)70(93)61(44(2)3)79-69(92)62(45(4)5)81(10)72(95)98-43-50-32-34-52(35-33-50)76-67(90)53(29-23-38-74-71(73)94)78-68(91)54(41-49-25-17-14-18-26-49)77-57(84)31-21-16-22-39-83-58(85)36-37-59(83)86/h14-15,17-20,25-28,32-37,44-48,53-56,61-65,88H,13,16,21-24,29-31,38-43H2,1-12H3,(H,75,89)(H,76,90)(H,77,84)(H,78,91)(H,79,92)(H3,73,74,94)/t46-,47+,48+,53-,54-,55-,56+,61-,62-,63-,64+,65+/m0/s1. The van der Waals surface area contributed by atoms with Crippen molar-refractivity contribution in [1.29, 1.82) is 0 Å². The Morgan fingerprint density at radius 3 is 1.93 bits per heavy atom. The lowest BCUT2D eigenvalue weighted by Crippen LogP contribution is -2.60. The van der Waals surface area contributed by atoms with E-state index in [-0.39, 0.29) is 81.3 Å². The smallest absolute Gasteiger partial charge is 0.410 e. The molecule has 2 aliphatic heterocycles. The minimum Gasteiger partial charge on any atom is -0.445 e. The number of ether oxygens (including phenoxy) is 3. The number of urea groups is 1. The van der Waals surface area contributed by atoms with Crippen molar-refractivity contribution in [2.45, 2.75) is 193 Å². The number of benzene rings is 3. The van der Waals surface area contributed by atoms with Gasteiger partial charge in [0, 0.05) is 78.6 Å². The highest BCUT2D eigenvalue weighted by atomic mass is 16.6. The molecule has 26 nitrogen and oxygen atoms in total. The van der Waals surface area contributed by atoms with Gasteiger partial charge in [0.1, 0.15) is 30.8 Å². The molecule has 0 aliphatic carbocycles. The summed E-state index contributed by atoms with van der Waals surface area (Å²) in [5, 5.41) is 27.8. The molecule has 2 aliphatic rings. The average molecular weight is 1360 g/mol. The largest absolute Gasteiger partial charge is 0.445 e. The molecule has 1 fully saturated rings. The molecule has 0 spiro atoms. The third-order valence-electron chi connectivity index (χ3n) is 18.4. The fourth-order valence-electron chi connectivity index (χ4n) is 12.6. The van der Waals surface area contributed by atoms with E-state index in [0.29, 0.717) is 61.9 Å². The average Bonchev–Trinajstić information content (AvgIpc) is 1.25. The van der Waals surface area contributed by atoms with E-state index in [1.165, 1.54) is 38.3 Å². The second-order valence-corrected chi connectivity index (χ2v) is 26.3. The van der Waals surface area contributed by atoms with Crippen LogP contribution in [0.5, 0.6) is 0 Å². The van der Waals surface area contributed by atoms with Crippen molar-refractivity contribution >= 4 is 71.0 Å². The number of unbranched alkanes of at least 4 members (excludes halogenated alkanes) is 2. The van der Waals surface area contributed by atoms with Crippen LogP contribution < -0.4 is 37.6 Å². The molecule has 0 unspecified atom stereocenters. The first-order valence-corrected chi connectivity index (χ1v) is 34.1. The first-order chi connectivity index (χ1) is 46.6. The molecule has 3 aromatic carbocycles. The van der Waals surface area contributed by atoms with Gasteiger partial charge in [-0.3, -0.25) is 53.0 Å². The molecule has 3 aromatic rings. The molecule has 1 saturated heterocycles. The fraction of sp³-hybridized carbons (Fsp3) is 0.569. The van der Waals surface area contributed by atoms with Crippen LogP contribution in [0.3, 0.4) is 0 Å². The number of rotatable bonds is 39. The second-order valence-electron chi connectivity index (χ2n) is 26.3. The molecule has 2 heterocycles. The summed E-state index contributed by atoms with van der Waals surface area (Å²) in [5.41, 5.74) is 7.54. The lowest BCUT2D eigenvalue weighted by Gasteiger charge is -2.41. The molecule has 9 N–H and O–H groups in total. The number of hydrogen-bond donors (Lipinski definition) is 8. The zero-order valence-electron chi connectivity index (χ0n) is 59.0. The number of nitrogens with zero attached hydrogens (tertiary/aromatic N) is 4. The van der Waals surface area contributed by atoms with Gasteiger partial charge in [-0.2, -0.15) is 0 Å². The Morgan fingerprint density at radius 1 is 0.694 bits per heavy atom. The van der Waals surface area contributed by atoms with Crippen LogP contribution in [-0.4, -0.2) is 192 Å². The highest BCUT2D eigenvalue weighted by molar-refractivity contribution is 6.12. The molecule has 538 valence electrons. The molecule has 12 amide bonds. The molecule has 0 radical (unpaired) electrons. The first kappa shape index (κ1) is 79.9. The van der Waals surface area contributed by atoms with E-state index >= 15 is 0 Å². The van der Waals surface area contributed by atoms with E-state index in [2.05, 4.69) is 31.9 Å². The molecular formula is C72H105N11O15. The van der Waals surface area contributed by atoms with Gasteiger partial charge in [-0.15, -0.1) is 0 Å². The van der Waals surface area contributed by atoms with Crippen molar-refractivity contribution < 1.29 is 72.1 Å². The Kier molecular flexibility index (Phi) is 32.3. The van der Waals surface area contributed by atoms with Crippen molar-refractivity contribution in [3.8, 4) is 0 Å². The third-order valence-corrected chi connectivity index (χ3v) is 18.4. The second kappa shape index (κ2) is 39.6. The SMILES string of the molecule is CC[C@H](C)[C@@H]([C@@H](CC(=O)N1CCC[C@H]1[C@H](OC)[C@@H](C)C(=O)N[C@H](C)[C@@H](O)c1ccccc1)OC)N(C)C(=O)[C@@H](NC(=O)[C@H](C(C)C)N(C)C(=O)OCc1ccc(NC(=O)[C@H](CCCNC(N)=O)NC(=O)[C@H](Cc2ccccc2)NC(=O)CCCCCN2C(=O)C=CC2=O)cc1)C(C)C. The summed E-state index contributed by atoms with van der Waals surface area (Å²) >= 11 is 0. The number of aliphatic hydroxyl groups is 1. The van der Waals surface area contributed by atoms with Gasteiger partial charge in [0.2, 0.25) is 41.4 Å². The van der Waals surface area contributed by atoms with E-state index in [0.717, 1.165) is 10.5 Å². The van der Waals surface area contributed by atoms with Crippen LogP contribution in [0.25, 0.3) is 0 Å². The number of methoxy groups -OCH3 is 2. The van der Waals surface area contributed by atoms with E-state index < -0.39 is 120 Å². The summed E-state index contributed by atoms with van der Waals surface area (Å²) in [4.78, 5) is 154. The number of hydrogen-bond acceptors (Lipinski definition) is 15. The van der Waals surface area contributed by atoms with Gasteiger partial charge in [-0.1, -0.05) is 134 Å². The Hall–Kier alpha value is -8.75. The maximum Gasteiger partial charge on any atom is 0.410 e. The summed E-state index contributed by atoms with van der Waals surface area (Å²) in [6.45, 7) is 15.1. The van der Waals surface area contributed by atoms with E-state index in [9.17, 15) is 57.8 Å². The number of anilines is 1. The van der Waals surface area contributed by atoms with Gasteiger partial charge in [-0.25, -0.2) is 9.59 Å². The Labute approximate surface area is 576 Å². The minimum atomic E-state index is -1.15. The van der Waals surface area contributed by atoms with E-state index in [1.54, 1.807) is 119 Å². The molecule has 26 heteroatoms. The lowest BCUT2D eigenvalue weighted by molar-refractivity contribution is -0.148. The van der Waals surface area contributed by atoms with Crippen LogP contribution in [0.15, 0.2) is 97.1 Å². The van der Waals surface area contributed by atoms with Crippen molar-refractivity contribution in [1.82, 2.24) is 46.2 Å². The summed E-state index contributed by atoms with van der Waals surface area (Å²) in [6, 6.07) is 17.6. The predicted octanol–water partition coefficient (Wildman–Crippen LogP) is 5.66. The number of likely N-dealkylation sites (N-methyl/N-ethyl adjacent to an activating group) is 2. The van der Waals surface area contributed by atoms with Gasteiger partial charge in [-0.05, 0) is 92.0 Å². The molecular weight excluding hydrogens is 1260 g/mol. The maximum absolute atomic E-state index is 14.8. The van der Waals surface area contributed by atoms with Crippen LogP contribution in [0.4, 0.5) is 15.3 Å². The Bertz CT molecular complexity index is 3150. The number of nitrogens with one attached hydrogen (secondary N) is 6. The molecule has 98 heavy (non-hydrogen) atoms. The minimum absolute atomic E-state index is 0.0602. The Balaban J connectivity index is 1.19. The number of nitrogens with two attached hydrogens (primary N) is 1. The van der Waals surface area contributed by atoms with Crippen LogP contribution in [-0.2, 0) is 70.4 Å². The maximum atomic E-state index is 14.8. The van der Waals surface area contributed by atoms with Crippen molar-refractivity contribution in [2.24, 2.45) is 29.4 Å². The molecule has 0 saturated carbocycles. The number of aliphatic hydroxyl groups excluding tert-OH is 1. The Morgan fingerprint density at radius 2 is 1.34 bits per heavy atom. The number of likely N-dealkylation sites (tertiary alicyclic amines) is 1. The summed E-state index contributed by atoms with van der Waals surface area (Å²) in [7, 11) is 6.08. The van der Waals surface area contributed by atoms with Crippen LogP contribution >= 0.6 is 0 Å². The monoisotopic (exact) mass is 1360 g/mol. The van der Waals surface area contributed by atoms with E-state index in [1.807, 2.05) is 38.1 Å². The van der Waals surface area contributed by atoms with Gasteiger partial charge in [0.15, 0.2) is 0 Å². The summed E-state index contributed by atoms with van der Waals surface area (Å²) < 4.78 is 17.8. The number of carbonyl (C=O) groups excluding carboxylic acids is 11. The fourth-order valence-corrected chi connectivity index (χ4v) is 12.6. The lowest BCUT2D eigenvalue weighted by atomic mass is 9.89. The van der Waals surface area contributed by atoms with Crippen molar-refractivity contribution in [3.05, 3.63) is 114 Å². The third kappa shape index (κ3) is 23.5. The highest BCUT2D eigenvalue weighted by Gasteiger charge is 2.44. The van der Waals surface area contributed by atoms with E-state index in [4.69, 9.17) is 19.9 Å².